The van der Waals surface area contributed by atoms with Crippen molar-refractivity contribution in [3.63, 3.8) is 0 Å². The van der Waals surface area contributed by atoms with Gasteiger partial charge in [0, 0.05) is 26.1 Å². The fourth-order valence-corrected chi connectivity index (χ4v) is 2.53. The minimum absolute atomic E-state index is 0.0414. The van der Waals surface area contributed by atoms with Crippen LogP contribution < -0.4 is 5.32 Å². The Kier molecular flexibility index (Phi) is 3.25. The number of carbonyl (C=O) groups is 1. The molecular formula is C15H18N2O2. The summed E-state index contributed by atoms with van der Waals surface area (Å²) in [5.41, 5.74) is 2.23. The summed E-state index contributed by atoms with van der Waals surface area (Å²) < 4.78 is 5.64. The molecule has 0 saturated carbocycles. The van der Waals surface area contributed by atoms with Crippen molar-refractivity contribution in [2.24, 2.45) is 0 Å². The van der Waals surface area contributed by atoms with Crippen LogP contribution in [0.2, 0.25) is 0 Å². The van der Waals surface area contributed by atoms with Crippen LogP contribution in [-0.2, 0) is 16.1 Å². The monoisotopic (exact) mass is 258 g/mol. The van der Waals surface area contributed by atoms with E-state index in [1.807, 2.05) is 6.07 Å². The van der Waals surface area contributed by atoms with E-state index in [1.165, 1.54) is 5.56 Å². The van der Waals surface area contributed by atoms with Crippen molar-refractivity contribution in [3.05, 3.63) is 47.4 Å². The zero-order valence-electron chi connectivity index (χ0n) is 11.1. The molecule has 0 radical (unpaired) electrons. The van der Waals surface area contributed by atoms with E-state index < -0.39 is 0 Å². The van der Waals surface area contributed by atoms with E-state index in [0.29, 0.717) is 0 Å². The topological polar surface area (TPSA) is 41.6 Å². The van der Waals surface area contributed by atoms with Gasteiger partial charge in [-0.2, -0.15) is 0 Å². The molecule has 2 aliphatic heterocycles. The maximum absolute atomic E-state index is 11.6. The third-order valence-electron chi connectivity index (χ3n) is 3.58. The molecule has 0 aromatic heterocycles. The van der Waals surface area contributed by atoms with E-state index in [-0.39, 0.29) is 12.0 Å². The molecule has 4 nitrogen and oxygen atoms in total. The van der Waals surface area contributed by atoms with E-state index in [1.54, 1.807) is 6.92 Å². The van der Waals surface area contributed by atoms with Crippen molar-refractivity contribution in [3.8, 4) is 0 Å². The van der Waals surface area contributed by atoms with Crippen molar-refractivity contribution in [1.29, 1.82) is 0 Å². The number of ether oxygens (including phenoxy) is 1. The van der Waals surface area contributed by atoms with Gasteiger partial charge in [0.2, 0.25) is 0 Å². The average molecular weight is 258 g/mol. The maximum atomic E-state index is 11.6. The Morgan fingerprint density at radius 3 is 2.95 bits per heavy atom. The largest absolute Gasteiger partial charge is 0.483 e. The number of rotatable bonds is 2. The lowest BCUT2D eigenvalue weighted by molar-refractivity contribution is -0.131. The first kappa shape index (κ1) is 12.2. The van der Waals surface area contributed by atoms with Crippen molar-refractivity contribution in [1.82, 2.24) is 10.2 Å². The second kappa shape index (κ2) is 5.05. The minimum atomic E-state index is -0.362. The summed E-state index contributed by atoms with van der Waals surface area (Å²) in [4.78, 5) is 14.0. The molecule has 3 rings (SSSR count). The highest BCUT2D eigenvalue weighted by molar-refractivity contribution is 5.83. The van der Waals surface area contributed by atoms with Crippen molar-refractivity contribution in [2.75, 3.05) is 13.1 Å². The third-order valence-corrected chi connectivity index (χ3v) is 3.58. The summed E-state index contributed by atoms with van der Waals surface area (Å²) in [6, 6.07) is 10.4. The molecule has 1 amide bonds. The van der Waals surface area contributed by atoms with Crippen LogP contribution >= 0.6 is 0 Å². The maximum Gasteiger partial charge on any atom is 0.265 e. The molecule has 0 aliphatic carbocycles. The Hall–Kier alpha value is -1.81. The predicted octanol–water partition coefficient (Wildman–Crippen LogP) is 1.64. The lowest BCUT2D eigenvalue weighted by atomic mass is 10.1. The third kappa shape index (κ3) is 2.63. The molecule has 2 aliphatic rings. The van der Waals surface area contributed by atoms with E-state index in [4.69, 9.17) is 4.74 Å². The first-order valence-corrected chi connectivity index (χ1v) is 6.68. The average Bonchev–Trinajstić information content (AvgIpc) is 2.42. The van der Waals surface area contributed by atoms with Gasteiger partial charge in [0.15, 0.2) is 6.10 Å². The Balaban J connectivity index is 1.68. The van der Waals surface area contributed by atoms with Gasteiger partial charge in [-0.1, -0.05) is 30.3 Å². The van der Waals surface area contributed by atoms with Crippen LogP contribution in [0.4, 0.5) is 0 Å². The molecule has 2 heterocycles. The first-order valence-electron chi connectivity index (χ1n) is 6.68. The van der Waals surface area contributed by atoms with Crippen LogP contribution in [0.3, 0.4) is 0 Å². The Bertz CT molecular complexity index is 510. The summed E-state index contributed by atoms with van der Waals surface area (Å²) in [7, 11) is 0. The highest BCUT2D eigenvalue weighted by Gasteiger charge is 2.29. The van der Waals surface area contributed by atoms with Gasteiger partial charge in [0.25, 0.3) is 5.91 Å². The number of amides is 1. The lowest BCUT2D eigenvalue weighted by Gasteiger charge is -2.35. The van der Waals surface area contributed by atoms with Gasteiger partial charge in [-0.25, -0.2) is 0 Å². The minimum Gasteiger partial charge on any atom is -0.483 e. The molecule has 1 N–H and O–H groups in total. The number of carbonyl (C=O) groups excluding carboxylic acids is 1. The number of nitrogens with zero attached hydrogens (tertiary/aromatic N) is 1. The van der Waals surface area contributed by atoms with Crippen LogP contribution in [0, 0.1) is 0 Å². The Labute approximate surface area is 113 Å². The SMILES string of the molecule is CC1OC2=C(CN(Cc3ccccc3)CC2)NC1=O. The van der Waals surface area contributed by atoms with Gasteiger partial charge in [0.1, 0.15) is 5.76 Å². The number of benzene rings is 1. The van der Waals surface area contributed by atoms with E-state index in [0.717, 1.165) is 37.5 Å². The van der Waals surface area contributed by atoms with Crippen LogP contribution in [-0.4, -0.2) is 30.0 Å². The molecule has 1 unspecified atom stereocenters. The second-order valence-electron chi connectivity index (χ2n) is 5.10. The van der Waals surface area contributed by atoms with E-state index in [9.17, 15) is 4.79 Å². The van der Waals surface area contributed by atoms with Crippen molar-refractivity contribution in [2.45, 2.75) is 26.0 Å². The van der Waals surface area contributed by atoms with Crippen LogP contribution in [0.25, 0.3) is 0 Å². The van der Waals surface area contributed by atoms with Gasteiger partial charge in [0.05, 0.1) is 5.70 Å². The second-order valence-corrected chi connectivity index (χ2v) is 5.10. The van der Waals surface area contributed by atoms with Crippen LogP contribution in [0.5, 0.6) is 0 Å². The van der Waals surface area contributed by atoms with Gasteiger partial charge in [-0.05, 0) is 12.5 Å². The molecular weight excluding hydrogens is 240 g/mol. The zero-order valence-corrected chi connectivity index (χ0v) is 11.1. The number of hydrogen-bond donors (Lipinski definition) is 1. The van der Waals surface area contributed by atoms with Gasteiger partial charge >= 0.3 is 0 Å². The Morgan fingerprint density at radius 2 is 2.16 bits per heavy atom. The molecule has 1 aromatic carbocycles. The van der Waals surface area contributed by atoms with Crippen LogP contribution in [0.1, 0.15) is 18.9 Å². The van der Waals surface area contributed by atoms with Crippen molar-refractivity contribution >= 4 is 5.91 Å². The van der Waals surface area contributed by atoms with E-state index in [2.05, 4.69) is 34.5 Å². The predicted molar refractivity (Wildman–Crippen MR) is 72.1 cm³/mol. The molecule has 0 fully saturated rings. The molecule has 4 heteroatoms. The fourth-order valence-electron chi connectivity index (χ4n) is 2.53. The molecule has 0 bridgehead atoms. The van der Waals surface area contributed by atoms with E-state index >= 15 is 0 Å². The van der Waals surface area contributed by atoms with Crippen molar-refractivity contribution < 1.29 is 9.53 Å². The normalized spacial score (nSPS) is 23.6. The summed E-state index contributed by atoms with van der Waals surface area (Å²) in [6.07, 6.45) is 0.506. The molecule has 100 valence electrons. The van der Waals surface area contributed by atoms with Crippen LogP contribution in [0.15, 0.2) is 41.8 Å². The van der Waals surface area contributed by atoms with Gasteiger partial charge in [-0.15, -0.1) is 0 Å². The molecule has 0 spiro atoms. The summed E-state index contributed by atoms with van der Waals surface area (Å²) >= 11 is 0. The Morgan fingerprint density at radius 1 is 1.37 bits per heavy atom. The summed E-state index contributed by atoms with van der Waals surface area (Å²) in [6.45, 7) is 4.41. The van der Waals surface area contributed by atoms with Gasteiger partial charge in [-0.3, -0.25) is 9.69 Å². The number of nitrogens with one attached hydrogen (secondary N) is 1. The standard InChI is InChI=1S/C15H18N2O2/c1-11-15(18)16-13-10-17(8-7-14(13)19-11)9-12-5-3-2-4-6-12/h2-6,11H,7-10H2,1H3,(H,16,18). The zero-order chi connectivity index (χ0) is 13.2. The lowest BCUT2D eigenvalue weighted by Crippen LogP contribution is -2.46. The highest BCUT2D eigenvalue weighted by atomic mass is 16.5. The summed E-state index contributed by atoms with van der Waals surface area (Å²) in [5, 5.41) is 2.96. The first-order chi connectivity index (χ1) is 9.22. The van der Waals surface area contributed by atoms with Gasteiger partial charge < -0.3 is 10.1 Å². The summed E-state index contributed by atoms with van der Waals surface area (Å²) in [5.74, 6) is 0.914. The number of hydrogen-bond acceptors (Lipinski definition) is 3. The molecule has 19 heavy (non-hydrogen) atoms. The molecule has 1 aromatic rings. The molecule has 1 atom stereocenters. The smallest absolute Gasteiger partial charge is 0.265 e. The molecule has 0 saturated heterocycles. The highest BCUT2D eigenvalue weighted by Crippen LogP contribution is 2.23. The quantitative estimate of drug-likeness (QED) is 0.877. The fraction of sp³-hybridized carbons (Fsp3) is 0.400.